The van der Waals surface area contributed by atoms with Crippen LogP contribution in [0.3, 0.4) is 0 Å². The van der Waals surface area contributed by atoms with Crippen molar-refractivity contribution >= 4 is 17.6 Å². The molecule has 0 saturated heterocycles. The van der Waals surface area contributed by atoms with Crippen LogP contribution in [0.2, 0.25) is 5.02 Å². The summed E-state index contributed by atoms with van der Waals surface area (Å²) in [6, 6.07) is 6.95. The lowest BCUT2D eigenvalue weighted by Crippen LogP contribution is -2.06. The van der Waals surface area contributed by atoms with E-state index in [0.717, 1.165) is 19.2 Å². The molecule has 0 bridgehead atoms. The van der Waals surface area contributed by atoms with Gasteiger partial charge in [0.2, 0.25) is 5.88 Å². The van der Waals surface area contributed by atoms with Gasteiger partial charge < -0.3 is 9.47 Å². The lowest BCUT2D eigenvalue weighted by Gasteiger charge is -2.10. The van der Waals surface area contributed by atoms with Gasteiger partial charge >= 0.3 is 12.1 Å². The van der Waals surface area contributed by atoms with E-state index in [1.54, 1.807) is 0 Å². The quantitative estimate of drug-likeness (QED) is 0.785. The number of alkyl halides is 3. The summed E-state index contributed by atoms with van der Waals surface area (Å²) in [5, 5.41) is 0.0447. The number of halogens is 4. The van der Waals surface area contributed by atoms with Crippen LogP contribution in [0.25, 0.3) is 0 Å². The molecule has 0 spiro atoms. The molecular formula is C14H9ClF3NO3. The zero-order valence-electron chi connectivity index (χ0n) is 11.1. The van der Waals surface area contributed by atoms with Gasteiger partial charge in [-0.1, -0.05) is 17.7 Å². The summed E-state index contributed by atoms with van der Waals surface area (Å²) in [7, 11) is 1.15. The van der Waals surface area contributed by atoms with Crippen molar-refractivity contribution < 1.29 is 27.4 Å². The average Bonchev–Trinajstić information content (AvgIpc) is 2.48. The van der Waals surface area contributed by atoms with Crippen molar-refractivity contribution in [2.45, 2.75) is 6.18 Å². The van der Waals surface area contributed by atoms with Crippen molar-refractivity contribution in [1.82, 2.24) is 4.98 Å². The molecule has 1 aromatic carbocycles. The molecule has 0 aliphatic heterocycles. The number of carbonyl (C=O) groups excluding carboxylic acids is 1. The lowest BCUT2D eigenvalue weighted by molar-refractivity contribution is -0.137. The number of ether oxygens (including phenoxy) is 2. The van der Waals surface area contributed by atoms with E-state index in [4.69, 9.17) is 16.3 Å². The number of benzene rings is 1. The molecule has 2 aromatic rings. The molecule has 0 N–H and O–H groups in total. The van der Waals surface area contributed by atoms with Crippen LogP contribution in [0.1, 0.15) is 16.1 Å². The van der Waals surface area contributed by atoms with Crippen LogP contribution in [-0.2, 0) is 10.9 Å². The Kier molecular flexibility index (Phi) is 4.56. The summed E-state index contributed by atoms with van der Waals surface area (Å²) in [6.07, 6.45) is -4.48. The predicted octanol–water partition coefficient (Wildman–Crippen LogP) is 4.33. The minimum absolute atomic E-state index is 0.0447. The number of esters is 1. The molecule has 0 amide bonds. The second kappa shape index (κ2) is 6.23. The zero-order chi connectivity index (χ0) is 16.3. The molecule has 0 fully saturated rings. The first-order chi connectivity index (χ1) is 10.3. The molecule has 1 heterocycles. The van der Waals surface area contributed by atoms with Crippen LogP contribution >= 0.6 is 11.6 Å². The average molecular weight is 332 g/mol. The van der Waals surface area contributed by atoms with Crippen LogP contribution in [0.5, 0.6) is 11.6 Å². The van der Waals surface area contributed by atoms with Gasteiger partial charge in [-0.25, -0.2) is 9.78 Å². The molecular weight excluding hydrogens is 323 g/mol. The number of methoxy groups -OCH3 is 1. The van der Waals surface area contributed by atoms with Gasteiger partial charge in [0.25, 0.3) is 0 Å². The molecule has 0 radical (unpaired) electrons. The highest BCUT2D eigenvalue weighted by molar-refractivity contribution is 6.33. The Hall–Kier alpha value is -2.28. The maximum atomic E-state index is 12.6. The van der Waals surface area contributed by atoms with Crippen LogP contribution in [-0.4, -0.2) is 18.1 Å². The number of carbonyl (C=O) groups is 1. The van der Waals surface area contributed by atoms with Gasteiger partial charge in [0.1, 0.15) is 5.75 Å². The number of pyridine rings is 1. The van der Waals surface area contributed by atoms with Crippen LogP contribution in [0.4, 0.5) is 13.2 Å². The molecule has 0 unspecified atom stereocenters. The van der Waals surface area contributed by atoms with E-state index < -0.39 is 17.7 Å². The fourth-order valence-electron chi connectivity index (χ4n) is 1.58. The number of aromatic nitrogens is 1. The zero-order valence-corrected chi connectivity index (χ0v) is 11.9. The second-order valence-corrected chi connectivity index (χ2v) is 4.51. The normalized spacial score (nSPS) is 11.1. The summed E-state index contributed by atoms with van der Waals surface area (Å²) < 4.78 is 47.6. The Morgan fingerprint density at radius 3 is 2.59 bits per heavy atom. The maximum absolute atomic E-state index is 12.6. The van der Waals surface area contributed by atoms with Gasteiger partial charge in [-0.3, -0.25) is 0 Å². The van der Waals surface area contributed by atoms with Crippen molar-refractivity contribution in [3.05, 3.63) is 52.7 Å². The second-order valence-electron chi connectivity index (χ2n) is 4.10. The first kappa shape index (κ1) is 16.1. The Morgan fingerprint density at radius 2 is 1.95 bits per heavy atom. The topological polar surface area (TPSA) is 48.4 Å². The summed E-state index contributed by atoms with van der Waals surface area (Å²) in [6.45, 7) is 0. The van der Waals surface area contributed by atoms with E-state index in [0.29, 0.717) is 0 Å². The molecule has 0 aliphatic rings. The Morgan fingerprint density at radius 1 is 1.23 bits per heavy atom. The van der Waals surface area contributed by atoms with E-state index in [9.17, 15) is 18.0 Å². The number of hydrogen-bond acceptors (Lipinski definition) is 4. The number of rotatable bonds is 3. The Bertz CT molecular complexity index is 704. The summed E-state index contributed by atoms with van der Waals surface area (Å²) >= 11 is 5.79. The minimum atomic E-state index is -4.48. The molecule has 1 aromatic heterocycles. The Labute approximate surface area is 128 Å². The molecule has 4 nitrogen and oxygen atoms in total. The van der Waals surface area contributed by atoms with Crippen LogP contribution < -0.4 is 4.74 Å². The van der Waals surface area contributed by atoms with Crippen molar-refractivity contribution in [1.29, 1.82) is 0 Å². The SMILES string of the molecule is COC(=O)c1nc(Oc2cccc(C(F)(F)F)c2)ccc1Cl. The summed E-state index contributed by atoms with van der Waals surface area (Å²) in [5.74, 6) is -0.927. The molecule has 116 valence electrons. The Balaban J connectivity index is 2.30. The molecule has 2 rings (SSSR count). The van der Waals surface area contributed by atoms with E-state index >= 15 is 0 Å². The molecule has 22 heavy (non-hydrogen) atoms. The van der Waals surface area contributed by atoms with E-state index in [1.165, 1.54) is 24.3 Å². The van der Waals surface area contributed by atoms with Gasteiger partial charge in [-0.2, -0.15) is 13.2 Å². The van der Waals surface area contributed by atoms with E-state index in [-0.39, 0.29) is 22.3 Å². The molecule has 0 aliphatic carbocycles. The fourth-order valence-corrected chi connectivity index (χ4v) is 1.76. The number of hydrogen-bond donors (Lipinski definition) is 0. The van der Waals surface area contributed by atoms with Gasteiger partial charge in [0, 0.05) is 6.07 Å². The van der Waals surface area contributed by atoms with Gasteiger partial charge in [-0.15, -0.1) is 0 Å². The highest BCUT2D eigenvalue weighted by Gasteiger charge is 2.30. The summed E-state index contributed by atoms with van der Waals surface area (Å²) in [4.78, 5) is 15.3. The van der Waals surface area contributed by atoms with Gasteiger partial charge in [0.05, 0.1) is 17.7 Å². The first-order valence-corrected chi connectivity index (χ1v) is 6.29. The lowest BCUT2D eigenvalue weighted by atomic mass is 10.2. The monoisotopic (exact) mass is 331 g/mol. The predicted molar refractivity (Wildman–Crippen MR) is 72.1 cm³/mol. The van der Waals surface area contributed by atoms with E-state index in [2.05, 4.69) is 9.72 Å². The maximum Gasteiger partial charge on any atom is 0.416 e. The third-order valence-corrected chi connectivity index (χ3v) is 2.89. The standard InChI is InChI=1S/C14H9ClF3NO3/c1-21-13(20)12-10(15)5-6-11(19-12)22-9-4-2-3-8(7-9)14(16,17)18/h2-7H,1H3. The van der Waals surface area contributed by atoms with Gasteiger partial charge in [0.15, 0.2) is 5.69 Å². The molecule has 8 heteroatoms. The van der Waals surface area contributed by atoms with E-state index in [1.807, 2.05) is 0 Å². The summed E-state index contributed by atoms with van der Waals surface area (Å²) in [5.41, 5.74) is -1.04. The van der Waals surface area contributed by atoms with Crippen molar-refractivity contribution in [2.24, 2.45) is 0 Å². The highest BCUT2D eigenvalue weighted by Crippen LogP contribution is 2.32. The largest absolute Gasteiger partial charge is 0.464 e. The molecule has 0 saturated carbocycles. The first-order valence-electron chi connectivity index (χ1n) is 5.91. The highest BCUT2D eigenvalue weighted by atomic mass is 35.5. The van der Waals surface area contributed by atoms with Crippen molar-refractivity contribution in [3.8, 4) is 11.6 Å². The fraction of sp³-hybridized carbons (Fsp3) is 0.143. The van der Waals surface area contributed by atoms with Crippen molar-refractivity contribution in [2.75, 3.05) is 7.11 Å². The third-order valence-electron chi connectivity index (χ3n) is 2.58. The van der Waals surface area contributed by atoms with Crippen LogP contribution in [0.15, 0.2) is 36.4 Å². The number of nitrogens with zero attached hydrogens (tertiary/aromatic N) is 1. The third kappa shape index (κ3) is 3.67. The molecule has 0 atom stereocenters. The van der Waals surface area contributed by atoms with Crippen LogP contribution in [0, 0.1) is 0 Å². The minimum Gasteiger partial charge on any atom is -0.464 e. The smallest absolute Gasteiger partial charge is 0.416 e. The van der Waals surface area contributed by atoms with Crippen molar-refractivity contribution in [3.63, 3.8) is 0 Å². The van der Waals surface area contributed by atoms with Gasteiger partial charge in [-0.05, 0) is 24.3 Å².